The van der Waals surface area contributed by atoms with E-state index in [1.54, 1.807) is 82.1 Å². The average molecular weight is 1480 g/mol. The first-order valence-corrected chi connectivity index (χ1v) is 35.6. The van der Waals surface area contributed by atoms with Crippen LogP contribution in [0.25, 0.3) is 122 Å². The Morgan fingerprint density at radius 3 is 1.15 bits per heavy atom. The number of aromatic amines is 1. The van der Waals surface area contributed by atoms with Gasteiger partial charge in [0.15, 0.2) is 0 Å². The van der Waals surface area contributed by atoms with E-state index in [-0.39, 0.29) is 54.3 Å². The van der Waals surface area contributed by atoms with Crippen molar-refractivity contribution >= 4 is 58.7 Å². The van der Waals surface area contributed by atoms with Crippen LogP contribution in [0.2, 0.25) is 0 Å². The number of halogens is 4. The predicted octanol–water partition coefficient (Wildman–Crippen LogP) is 15.0. The Kier molecular flexibility index (Phi) is 19.3. The van der Waals surface area contributed by atoms with Crippen molar-refractivity contribution < 1.29 is 58.1 Å². The van der Waals surface area contributed by atoms with Crippen molar-refractivity contribution in [3.05, 3.63) is 264 Å². The maximum Gasteiger partial charge on any atom is 1.00 e. The number of benzene rings is 4. The minimum atomic E-state index is -0.270. The number of rotatable bonds is 16. The van der Waals surface area contributed by atoms with Crippen LogP contribution in [-0.4, -0.2) is 89.9 Å². The topological polar surface area (TPSA) is 218 Å². The molecule has 540 valence electrons. The third-order valence-corrected chi connectivity index (χ3v) is 20.2. The van der Waals surface area contributed by atoms with Crippen molar-refractivity contribution in [3.63, 3.8) is 0 Å². The zero-order valence-corrected chi connectivity index (χ0v) is 62.0. The van der Waals surface area contributed by atoms with Gasteiger partial charge in [0.2, 0.25) is 24.1 Å². The molecule has 22 nitrogen and oxygen atoms in total. The van der Waals surface area contributed by atoms with Gasteiger partial charge < -0.3 is 21.8 Å². The van der Waals surface area contributed by atoms with E-state index in [1.165, 1.54) is 59.9 Å². The molecular weight excluding hydrogens is 1410 g/mol. The Balaban J connectivity index is 0.000000117. The number of nitrogens with zero attached hydrogens (tertiary/aromatic N) is 17. The van der Waals surface area contributed by atoms with Gasteiger partial charge in [0.05, 0.1) is 48.6 Å². The number of aromatic nitrogens is 16. The summed E-state index contributed by atoms with van der Waals surface area (Å²) in [5, 5.41) is 27.4. The summed E-state index contributed by atoms with van der Waals surface area (Å²) in [6.07, 6.45) is 24.6. The number of H-pyrrole nitrogens is 1. The Morgan fingerprint density at radius 2 is 0.755 bits per heavy atom. The van der Waals surface area contributed by atoms with Crippen LogP contribution in [0.1, 0.15) is 99.2 Å². The van der Waals surface area contributed by atoms with Crippen LogP contribution in [0.3, 0.4) is 0 Å². The molecule has 3 N–H and O–H groups in total. The molecule has 0 spiro atoms. The van der Waals surface area contributed by atoms with Crippen molar-refractivity contribution in [1.82, 2.24) is 77.1 Å². The molecule has 0 bridgehead atoms. The molecule has 0 aliphatic heterocycles. The summed E-state index contributed by atoms with van der Waals surface area (Å²) < 4.78 is 66.7. The maximum atomic E-state index is 13.5. The van der Waals surface area contributed by atoms with Crippen LogP contribution in [0, 0.1) is 36.4 Å². The van der Waals surface area contributed by atoms with E-state index in [9.17, 15) is 27.2 Å². The summed E-state index contributed by atoms with van der Waals surface area (Å²) in [4.78, 5) is 46.0. The summed E-state index contributed by atoms with van der Waals surface area (Å²) in [6.45, 7) is 14.7. The van der Waals surface area contributed by atoms with Gasteiger partial charge in [-0.15, -0.1) is 0 Å². The summed E-state index contributed by atoms with van der Waals surface area (Å²) >= 11 is 0. The number of imidazole rings is 4. The molecule has 0 radical (unpaired) electrons. The van der Waals surface area contributed by atoms with E-state index in [4.69, 9.17) is 28.4 Å². The number of carbonyl (C=O) groups excluding carboxylic acids is 2. The number of carbonyl (C=O) groups is 2. The molecule has 110 heavy (non-hydrogen) atoms. The van der Waals surface area contributed by atoms with Gasteiger partial charge >= 0.3 is 29.6 Å². The van der Waals surface area contributed by atoms with Crippen molar-refractivity contribution in [2.24, 2.45) is 21.1 Å². The van der Waals surface area contributed by atoms with E-state index >= 15 is 0 Å². The second kappa shape index (κ2) is 29.7. The maximum absolute atomic E-state index is 13.5. The van der Waals surface area contributed by atoms with Gasteiger partial charge in [0, 0.05) is 153 Å². The Bertz CT molecular complexity index is 6200. The fraction of sp³-hybridized carbons (Fsp3) is 0.181. The number of fused-ring (bicyclic) bond motifs is 4. The second-order valence-corrected chi connectivity index (χ2v) is 27.5. The molecule has 20 rings (SSSR count). The van der Waals surface area contributed by atoms with E-state index in [1.807, 2.05) is 117 Å². The van der Waals surface area contributed by atoms with Gasteiger partial charge in [-0.1, -0.05) is 13.1 Å². The number of hydrogen-bond acceptors (Lipinski definition) is 10. The first-order chi connectivity index (χ1) is 53.2. The molecule has 4 aromatic carbocycles. The van der Waals surface area contributed by atoms with Crippen LogP contribution < -0.4 is 40.2 Å². The molecule has 4 fully saturated rings. The molecule has 4 aliphatic carbocycles. The van der Waals surface area contributed by atoms with Crippen LogP contribution >= 0.6 is 0 Å². The summed E-state index contributed by atoms with van der Waals surface area (Å²) in [5.74, 6) is 2.99. The fourth-order valence-electron chi connectivity index (χ4n) is 14.4. The smallest absolute Gasteiger partial charge is 1.00 e. The minimum absolute atomic E-state index is 0. The fourth-order valence-corrected chi connectivity index (χ4v) is 14.4. The number of nitrogens with one attached hydrogen (secondary N) is 3. The van der Waals surface area contributed by atoms with Gasteiger partial charge in [-0.05, 0) is 185 Å². The predicted molar refractivity (Wildman–Crippen MR) is 407 cm³/mol. The standard InChI is InChI=1S/2C21H18FN5O.C21H16FN5.C20H14FN5.Na.H/c1-26-21(14-2-3-14)19(20(25-26)13-4-7-16(22)8-5-13)15-6-9-17-23-10-18(24-12-28)27(17)11-15;1-26-21(14-4-7-16(22)8-5-14)19(20(25-26)13-2-3-13)15-6-9-17-23-10-18(24-12-28)27(17)11-15;1-23-18-11-24-17-10-7-15(12-27(17)18)19-20(13-5-8-16(22)9-6-13)25-26(2)21(19)14-3-4-14;1-22-17-10-23-16-9-6-14(11-26(16)17)18-19(12-2-3-12)24-25-20(18)13-4-7-15(21)8-5-13;;/h4-12,14H,2-3H2,1H3,(H,24,28);4-13H,2-3H2,1H3,(H,24,28);5-12,14H,3-4H2,2H3;4-12H,2-3H2,(H,24,25);;/q;;;;+1;-1. The van der Waals surface area contributed by atoms with Gasteiger partial charge in [-0.2, -0.15) is 20.4 Å². The second-order valence-electron chi connectivity index (χ2n) is 27.5. The van der Waals surface area contributed by atoms with Crippen LogP contribution in [0.15, 0.2) is 195 Å². The molecule has 0 atom stereocenters. The van der Waals surface area contributed by atoms with Crippen molar-refractivity contribution in [1.29, 1.82) is 0 Å². The largest absolute Gasteiger partial charge is 1.00 e. The first-order valence-electron chi connectivity index (χ1n) is 35.6. The molecule has 0 unspecified atom stereocenters. The van der Waals surface area contributed by atoms with Gasteiger partial charge in [-0.25, -0.2) is 46.3 Å². The van der Waals surface area contributed by atoms with Gasteiger partial charge in [0.25, 0.3) is 11.6 Å². The van der Waals surface area contributed by atoms with Gasteiger partial charge in [0.1, 0.15) is 63.3 Å². The van der Waals surface area contributed by atoms with Crippen LogP contribution in [0.5, 0.6) is 0 Å². The molecule has 2 amide bonds. The summed E-state index contributed by atoms with van der Waals surface area (Å²) in [7, 11) is 5.84. The molecule has 0 saturated heterocycles. The molecule has 12 aromatic heterocycles. The minimum Gasteiger partial charge on any atom is -1.00 e. The third kappa shape index (κ3) is 13.9. The van der Waals surface area contributed by atoms with Crippen molar-refractivity contribution in [2.75, 3.05) is 10.6 Å². The number of hydrogen-bond donors (Lipinski definition) is 3. The summed E-state index contributed by atoms with van der Waals surface area (Å²) in [5.41, 5.74) is 22.5. The number of aryl methyl sites for hydroxylation is 3. The third-order valence-electron chi connectivity index (χ3n) is 20.2. The van der Waals surface area contributed by atoms with Crippen LogP contribution in [-0.2, 0) is 30.7 Å². The molecule has 4 aliphatic rings. The quantitative estimate of drug-likeness (QED) is 0.0360. The Labute approximate surface area is 650 Å². The van der Waals surface area contributed by atoms with E-state index in [2.05, 4.69) is 50.5 Å². The Hall–Kier alpha value is -12.9. The molecule has 12 heterocycles. The normalized spacial score (nSPS) is 13.7. The SMILES string of the molecule is Cn1nc(-c2ccc(F)cc2)c(-c2ccc3ncc(NC=O)n3c2)c1C1CC1.Cn1nc(C2CC2)c(-c2ccc3ncc(NC=O)n3c2)c1-c1ccc(F)cc1.[C-]#[N+]c1cnc2ccc(-c3c(-c4ccc(F)cc4)n[nH]c3C3CC3)cn12.[C-]#[N+]c1cnc2ccc(-c3c(-c4ccc(F)cc4)nn(C)c3C3CC3)cn12.[H-].[Na+]. The zero-order valence-electron chi connectivity index (χ0n) is 61.0. The van der Waals surface area contributed by atoms with E-state index in [0.29, 0.717) is 59.8 Å². The van der Waals surface area contributed by atoms with Crippen molar-refractivity contribution in [3.8, 4) is 89.5 Å². The van der Waals surface area contributed by atoms with E-state index in [0.717, 1.165) is 175 Å². The zero-order chi connectivity index (χ0) is 74.7. The average Bonchev–Trinajstić information content (AvgIpc) is 1.65. The number of amides is 2. The van der Waals surface area contributed by atoms with Gasteiger partial charge in [-0.3, -0.25) is 37.5 Å². The molecule has 16 aromatic rings. The van der Waals surface area contributed by atoms with Crippen molar-refractivity contribution in [2.45, 2.75) is 75.0 Å². The number of pyridine rings is 4. The monoisotopic (exact) mass is 1470 g/mol. The molecule has 4 saturated carbocycles. The van der Waals surface area contributed by atoms with Crippen LogP contribution in [0.4, 0.5) is 40.8 Å². The number of anilines is 2. The first kappa shape index (κ1) is 71.4. The molecule has 27 heteroatoms. The molecular formula is C83H67F4N20NaO2. The summed E-state index contributed by atoms with van der Waals surface area (Å²) in [6, 6.07) is 41.4. The van der Waals surface area contributed by atoms with E-state index < -0.39 is 0 Å². The Morgan fingerprint density at radius 1 is 0.409 bits per heavy atom.